The minimum absolute atomic E-state index is 0.0400. The number of fused-ring (bicyclic) bond motifs is 3. The van der Waals surface area contributed by atoms with Crippen molar-refractivity contribution in [3.63, 3.8) is 0 Å². The van der Waals surface area contributed by atoms with Crippen molar-refractivity contribution >= 4 is 29.2 Å². The first kappa shape index (κ1) is 54.5. The van der Waals surface area contributed by atoms with Crippen LogP contribution in [0.4, 0.5) is 0 Å². The number of hydrogen-bond acceptors (Lipinski definition) is 13. The topological polar surface area (TPSA) is 195 Å². The summed E-state index contributed by atoms with van der Waals surface area (Å²) in [5.41, 5.74) is 0.392. The van der Waals surface area contributed by atoms with E-state index in [9.17, 15) is 39.3 Å². The maximum Gasteiger partial charge on any atom is 0.329 e. The third kappa shape index (κ3) is 14.4. The number of hydrogen-bond donors (Lipinski definition) is 3. The van der Waals surface area contributed by atoms with Gasteiger partial charge in [-0.1, -0.05) is 71.9 Å². The van der Waals surface area contributed by atoms with Gasteiger partial charge in [0.1, 0.15) is 30.1 Å². The van der Waals surface area contributed by atoms with Crippen LogP contribution in [-0.4, -0.2) is 132 Å². The predicted octanol–water partition coefficient (Wildman–Crippen LogP) is 6.26. The molecule has 3 fully saturated rings. The first-order chi connectivity index (χ1) is 30.7. The van der Waals surface area contributed by atoms with E-state index in [2.05, 4.69) is 6.92 Å². The molecule has 1 saturated carbocycles. The number of Topliss-reactive ketones (excluding diaryl/α,β-unsaturated/α-hetero) is 3. The van der Waals surface area contributed by atoms with Gasteiger partial charge in [-0.2, -0.15) is 0 Å². The molecule has 3 heterocycles. The van der Waals surface area contributed by atoms with Crippen molar-refractivity contribution in [1.29, 1.82) is 0 Å². The van der Waals surface area contributed by atoms with Gasteiger partial charge in [0.25, 0.3) is 11.7 Å². The molecule has 0 spiro atoms. The van der Waals surface area contributed by atoms with E-state index in [1.807, 2.05) is 45.1 Å². The van der Waals surface area contributed by atoms with Crippen LogP contribution in [0.1, 0.15) is 132 Å². The van der Waals surface area contributed by atoms with Crippen molar-refractivity contribution in [3.8, 4) is 0 Å². The van der Waals surface area contributed by atoms with Gasteiger partial charge in [0.05, 0.1) is 24.4 Å². The molecule has 2 saturated heterocycles. The van der Waals surface area contributed by atoms with Crippen molar-refractivity contribution in [2.45, 2.75) is 186 Å². The van der Waals surface area contributed by atoms with Crippen LogP contribution in [-0.2, 0) is 47.7 Å². The molecule has 14 nitrogen and oxygen atoms in total. The van der Waals surface area contributed by atoms with Gasteiger partial charge in [-0.05, 0) is 107 Å². The maximum atomic E-state index is 14.4. The number of cyclic esters (lactones) is 1. The van der Waals surface area contributed by atoms with E-state index in [0.29, 0.717) is 69.8 Å². The van der Waals surface area contributed by atoms with Gasteiger partial charge in [-0.3, -0.25) is 19.2 Å². The molecule has 368 valence electrons. The van der Waals surface area contributed by atoms with Gasteiger partial charge in [-0.25, -0.2) is 4.79 Å². The Morgan fingerprint density at radius 2 is 1.57 bits per heavy atom. The Kier molecular flexibility index (Phi) is 21.2. The highest BCUT2D eigenvalue weighted by Crippen LogP contribution is 2.38. The number of carbonyl (C=O) groups is 5. The molecule has 14 heteroatoms. The zero-order valence-electron chi connectivity index (χ0n) is 40.8. The van der Waals surface area contributed by atoms with Crippen LogP contribution in [0.2, 0.25) is 0 Å². The fraction of sp³-hybridized carbons (Fsp3) is 0.784. The average Bonchev–Trinajstić information content (AvgIpc) is 3.28. The van der Waals surface area contributed by atoms with Crippen molar-refractivity contribution in [3.05, 3.63) is 36.0 Å². The molecule has 3 N–H and O–H groups in total. The molecule has 0 aromatic heterocycles. The number of nitrogens with zero attached hydrogens (tertiary/aromatic N) is 1. The number of ketones is 3. The summed E-state index contributed by atoms with van der Waals surface area (Å²) in [6, 6.07) is -1.13. The lowest BCUT2D eigenvalue weighted by Crippen LogP contribution is -2.61. The van der Waals surface area contributed by atoms with Gasteiger partial charge in [-0.15, -0.1) is 0 Å². The third-order valence-electron chi connectivity index (χ3n) is 14.8. The number of allylic oxidation sites excluding steroid dienone is 5. The monoisotopic (exact) mass is 916 g/mol. The Bertz CT molecular complexity index is 1690. The normalized spacial score (nSPS) is 40.8. The lowest BCUT2D eigenvalue weighted by molar-refractivity contribution is -0.267. The number of methoxy groups -OCH3 is 3. The number of ether oxygens (including phenoxy) is 5. The molecule has 0 aromatic rings. The summed E-state index contributed by atoms with van der Waals surface area (Å²) in [6.45, 7) is 12.9. The molecule has 1 amide bonds. The van der Waals surface area contributed by atoms with E-state index < -0.39 is 77.8 Å². The second-order valence-electron chi connectivity index (χ2n) is 20.0. The van der Waals surface area contributed by atoms with Crippen LogP contribution in [0.15, 0.2) is 36.0 Å². The van der Waals surface area contributed by atoms with Crippen LogP contribution in [0, 0.1) is 41.4 Å². The summed E-state index contributed by atoms with van der Waals surface area (Å²) in [5.74, 6) is -7.79. The quantitative estimate of drug-likeness (QED) is 0.154. The SMILES string of the molecule is CO[C@H]1C[C@@H]2CC[C@@H](C)[C@@](O)(O2)C(=O)C(=O)N2CCCC[C@H]2C(=O)O[C@H]([C@H](C)C[C@H]2CC[C@@H](O)[C@H](OC)C2)CC(=O)[C@H](C)/C=C(/C)[C@@H](O)[C@@H](OC)C(=O)[C@H](C)C[C@H](C)/C=C/C=C/CC1C. The van der Waals surface area contributed by atoms with Crippen LogP contribution >= 0.6 is 0 Å². The number of esters is 1. The molecule has 1 unspecified atom stereocenters. The zero-order valence-corrected chi connectivity index (χ0v) is 40.8. The van der Waals surface area contributed by atoms with Crippen molar-refractivity contribution < 1.29 is 63.0 Å². The van der Waals surface area contributed by atoms with Crippen molar-refractivity contribution in [1.82, 2.24) is 4.90 Å². The summed E-state index contributed by atoms with van der Waals surface area (Å²) in [6.07, 6.45) is 10.6. The lowest BCUT2D eigenvalue weighted by atomic mass is 9.78. The predicted molar refractivity (Wildman–Crippen MR) is 245 cm³/mol. The van der Waals surface area contributed by atoms with E-state index in [1.165, 1.54) is 12.0 Å². The molecule has 3 aliphatic heterocycles. The number of aliphatic hydroxyl groups excluding tert-OH is 2. The Morgan fingerprint density at radius 1 is 0.862 bits per heavy atom. The third-order valence-corrected chi connectivity index (χ3v) is 14.8. The molecular weight excluding hydrogens is 835 g/mol. The van der Waals surface area contributed by atoms with E-state index in [-0.39, 0.29) is 66.8 Å². The average molecular weight is 916 g/mol. The molecule has 16 atom stereocenters. The zero-order chi connectivity index (χ0) is 48.2. The van der Waals surface area contributed by atoms with Gasteiger partial charge in [0.15, 0.2) is 5.78 Å². The summed E-state index contributed by atoms with van der Waals surface area (Å²) < 4.78 is 29.5. The lowest BCUT2D eigenvalue weighted by Gasteiger charge is -2.43. The minimum atomic E-state index is -2.41. The highest BCUT2D eigenvalue weighted by molar-refractivity contribution is 6.39. The highest BCUT2D eigenvalue weighted by atomic mass is 16.6. The summed E-state index contributed by atoms with van der Waals surface area (Å²) in [4.78, 5) is 71.8. The van der Waals surface area contributed by atoms with E-state index in [0.717, 1.165) is 6.42 Å². The molecule has 4 rings (SSSR count). The molecule has 1 aliphatic carbocycles. The van der Waals surface area contributed by atoms with Crippen LogP contribution < -0.4 is 0 Å². The number of piperidine rings is 1. The first-order valence-corrected chi connectivity index (χ1v) is 24.2. The number of aliphatic hydroxyl groups is 3. The van der Waals surface area contributed by atoms with Crippen molar-refractivity contribution in [2.75, 3.05) is 27.9 Å². The Balaban J connectivity index is 1.69. The van der Waals surface area contributed by atoms with E-state index >= 15 is 0 Å². The number of amides is 1. The molecule has 0 radical (unpaired) electrons. The second kappa shape index (κ2) is 25.3. The molecule has 4 aliphatic rings. The van der Waals surface area contributed by atoms with Crippen LogP contribution in [0.25, 0.3) is 0 Å². The number of carbonyl (C=O) groups excluding carboxylic acids is 5. The smallest absolute Gasteiger partial charge is 0.329 e. The minimum Gasteiger partial charge on any atom is -0.460 e. The Morgan fingerprint density at radius 3 is 2.25 bits per heavy atom. The van der Waals surface area contributed by atoms with Crippen molar-refractivity contribution in [2.24, 2.45) is 41.4 Å². The van der Waals surface area contributed by atoms with Gasteiger partial charge < -0.3 is 43.9 Å². The summed E-state index contributed by atoms with van der Waals surface area (Å²) in [5, 5.41) is 33.9. The maximum absolute atomic E-state index is 14.4. The van der Waals surface area contributed by atoms with E-state index in [1.54, 1.807) is 41.1 Å². The Hall–Kier alpha value is -3.11. The largest absolute Gasteiger partial charge is 0.460 e. The fourth-order valence-electron chi connectivity index (χ4n) is 10.4. The number of rotatable bonds is 6. The van der Waals surface area contributed by atoms with Gasteiger partial charge >= 0.3 is 5.97 Å². The molecule has 65 heavy (non-hydrogen) atoms. The molecular formula is C51H81NO13. The fourth-order valence-corrected chi connectivity index (χ4v) is 10.4. The Labute approximate surface area is 387 Å². The van der Waals surface area contributed by atoms with Gasteiger partial charge in [0.2, 0.25) is 5.79 Å². The summed E-state index contributed by atoms with van der Waals surface area (Å²) in [7, 11) is 4.57. The van der Waals surface area contributed by atoms with Crippen LogP contribution in [0.3, 0.4) is 0 Å². The molecule has 2 bridgehead atoms. The highest BCUT2D eigenvalue weighted by Gasteiger charge is 2.53. The standard InChI is InChI=1S/C51H81NO13/c1-30-16-12-11-13-17-31(2)42(61-8)28-38-21-19-36(7)51(60,65-38)48(57)49(58)52-23-15-14-18-39(52)50(59)64-43(33(4)26-37-20-22-40(53)44(27-37)62-9)29-41(54)32(3)25-35(6)46(56)47(63-10)45(55)34(5)24-30/h11-13,16,25,30-34,36-40,42-44,46-47,53,56,60H,14-15,17-24,26-29H2,1-10H3/b13-11+,16-12+,35-25-/t30-,31?,32-,33-,34-,36-,37-,38+,39+,40-,42+,43+,44-,46-,47+,51-/m1/s1. The van der Waals surface area contributed by atoms with Gasteiger partial charge in [0, 0.05) is 58.5 Å². The first-order valence-electron chi connectivity index (χ1n) is 24.2. The van der Waals surface area contributed by atoms with E-state index in [4.69, 9.17) is 23.7 Å². The molecule has 0 aromatic carbocycles. The second-order valence-corrected chi connectivity index (χ2v) is 20.0. The summed E-state index contributed by atoms with van der Waals surface area (Å²) >= 11 is 0. The van der Waals surface area contributed by atoms with Crippen LogP contribution in [0.5, 0.6) is 0 Å².